The summed E-state index contributed by atoms with van der Waals surface area (Å²) < 4.78 is 0. The first-order chi connectivity index (χ1) is 9.68. The normalized spacial score (nSPS) is 23.9. The van der Waals surface area contributed by atoms with Gasteiger partial charge < -0.3 is 9.74 Å². The van der Waals surface area contributed by atoms with Crippen molar-refractivity contribution in [1.82, 2.24) is 4.90 Å². The molecule has 20 heavy (non-hydrogen) atoms. The van der Waals surface area contributed by atoms with E-state index in [0.29, 0.717) is 0 Å². The van der Waals surface area contributed by atoms with Gasteiger partial charge in [0.05, 0.1) is 0 Å². The summed E-state index contributed by atoms with van der Waals surface area (Å²) in [5.41, 5.74) is 1.81. The lowest BCUT2D eigenvalue weighted by atomic mass is 9.97. The van der Waals surface area contributed by atoms with Crippen LogP contribution in [0, 0.1) is 0 Å². The van der Waals surface area contributed by atoms with E-state index >= 15 is 0 Å². The van der Waals surface area contributed by atoms with Gasteiger partial charge in [0.15, 0.2) is 5.84 Å². The summed E-state index contributed by atoms with van der Waals surface area (Å²) in [6, 6.07) is 9.88. The summed E-state index contributed by atoms with van der Waals surface area (Å²) >= 11 is 7.75. The van der Waals surface area contributed by atoms with Crippen molar-refractivity contribution in [3.05, 3.63) is 56.7 Å². The van der Waals surface area contributed by atoms with Crippen molar-refractivity contribution in [2.75, 3.05) is 6.54 Å². The second-order valence-electron chi connectivity index (χ2n) is 5.16. The number of benzene rings is 1. The number of rotatable bonds is 1. The van der Waals surface area contributed by atoms with Gasteiger partial charge in [0.2, 0.25) is 5.72 Å². The van der Waals surface area contributed by atoms with Crippen molar-refractivity contribution in [1.29, 1.82) is 0 Å². The topological polar surface area (TPSA) is 24.8 Å². The van der Waals surface area contributed by atoms with Crippen LogP contribution in [0.5, 0.6) is 0 Å². The number of hydrogen-bond acceptors (Lipinski definition) is 4. The van der Waals surface area contributed by atoms with Gasteiger partial charge in [-0.15, -0.1) is 11.3 Å². The quantitative estimate of drug-likeness (QED) is 0.800. The maximum absolute atomic E-state index is 5.95. The lowest BCUT2D eigenvalue weighted by Crippen LogP contribution is -2.48. The smallest absolute Gasteiger partial charge is 0.235 e. The van der Waals surface area contributed by atoms with Gasteiger partial charge in [-0.05, 0) is 35.7 Å². The molecule has 0 saturated carbocycles. The van der Waals surface area contributed by atoms with Gasteiger partial charge in [0, 0.05) is 40.9 Å². The first kappa shape index (κ1) is 12.2. The molecule has 0 unspecified atom stereocenters. The van der Waals surface area contributed by atoms with Gasteiger partial charge in [0.25, 0.3) is 0 Å². The molecular weight excluding hydrogens is 292 g/mol. The van der Waals surface area contributed by atoms with Crippen molar-refractivity contribution >= 4 is 28.8 Å². The van der Waals surface area contributed by atoms with E-state index in [1.54, 1.807) is 11.3 Å². The standard InChI is InChI=1S/C15H13ClN2OS/c1-15-12-7-9-20-13(12)6-8-18(15)14(17-19-15)10-2-4-11(16)5-3-10/h2-5,7,9H,6,8H2,1H3/t15-/m1/s1. The molecule has 4 rings (SSSR count). The second-order valence-corrected chi connectivity index (χ2v) is 6.59. The van der Waals surface area contributed by atoms with Crippen LogP contribution in [0.3, 0.4) is 0 Å². The van der Waals surface area contributed by atoms with E-state index in [9.17, 15) is 0 Å². The van der Waals surface area contributed by atoms with Crippen LogP contribution in [0.25, 0.3) is 0 Å². The van der Waals surface area contributed by atoms with Gasteiger partial charge in [-0.3, -0.25) is 0 Å². The van der Waals surface area contributed by atoms with Crippen molar-refractivity contribution < 1.29 is 4.84 Å². The Morgan fingerprint density at radius 2 is 2.10 bits per heavy atom. The van der Waals surface area contributed by atoms with E-state index < -0.39 is 5.72 Å². The molecule has 2 aliphatic heterocycles. The maximum atomic E-state index is 5.95. The predicted molar refractivity (Wildman–Crippen MR) is 81.2 cm³/mol. The SMILES string of the molecule is C[C@]12ON=C(c3ccc(Cl)cc3)N1CCc1sccc12. The Labute approximate surface area is 126 Å². The number of hydrogen-bond donors (Lipinski definition) is 0. The van der Waals surface area contributed by atoms with Crippen molar-refractivity contribution in [3.63, 3.8) is 0 Å². The molecule has 0 saturated heterocycles. The van der Waals surface area contributed by atoms with Crippen LogP contribution in [0.15, 0.2) is 40.9 Å². The highest BCUT2D eigenvalue weighted by Gasteiger charge is 2.47. The van der Waals surface area contributed by atoms with E-state index in [1.807, 2.05) is 24.3 Å². The third kappa shape index (κ3) is 1.61. The number of oxime groups is 1. The highest BCUT2D eigenvalue weighted by atomic mass is 35.5. The Balaban J connectivity index is 1.75. The average Bonchev–Trinajstić information content (AvgIpc) is 3.04. The number of fused-ring (bicyclic) bond motifs is 3. The molecule has 0 aliphatic carbocycles. The van der Waals surface area contributed by atoms with E-state index in [1.165, 1.54) is 10.4 Å². The highest BCUT2D eigenvalue weighted by molar-refractivity contribution is 7.10. The number of halogens is 1. The van der Waals surface area contributed by atoms with E-state index in [2.05, 4.69) is 28.4 Å². The largest absolute Gasteiger partial charge is 0.360 e. The first-order valence-electron chi connectivity index (χ1n) is 6.55. The van der Waals surface area contributed by atoms with Crippen LogP contribution >= 0.6 is 22.9 Å². The van der Waals surface area contributed by atoms with Crippen LogP contribution in [-0.4, -0.2) is 17.3 Å². The van der Waals surface area contributed by atoms with Crippen LogP contribution in [0.2, 0.25) is 5.02 Å². The summed E-state index contributed by atoms with van der Waals surface area (Å²) in [7, 11) is 0. The molecular formula is C15H13ClN2OS. The minimum Gasteiger partial charge on any atom is -0.360 e. The molecule has 102 valence electrons. The fourth-order valence-corrected chi connectivity index (χ4v) is 4.00. The van der Waals surface area contributed by atoms with E-state index in [4.69, 9.17) is 16.4 Å². The zero-order valence-electron chi connectivity index (χ0n) is 11.0. The molecule has 3 nitrogen and oxygen atoms in total. The van der Waals surface area contributed by atoms with Crippen molar-refractivity contribution in [2.24, 2.45) is 5.16 Å². The van der Waals surface area contributed by atoms with Crippen molar-refractivity contribution in [2.45, 2.75) is 19.1 Å². The van der Waals surface area contributed by atoms with Gasteiger partial charge in [0.1, 0.15) is 0 Å². The molecule has 0 spiro atoms. The third-order valence-corrected chi connectivity index (χ3v) is 5.22. The Hall–Kier alpha value is -1.52. The van der Waals surface area contributed by atoms with Crippen LogP contribution < -0.4 is 0 Å². The Kier molecular flexibility index (Phi) is 2.59. The molecule has 1 atom stereocenters. The molecule has 0 N–H and O–H groups in total. The van der Waals surface area contributed by atoms with E-state index in [0.717, 1.165) is 29.4 Å². The lowest BCUT2D eigenvalue weighted by molar-refractivity contribution is -0.0951. The minimum atomic E-state index is -0.470. The fourth-order valence-electron chi connectivity index (χ4n) is 2.91. The third-order valence-electron chi connectivity index (χ3n) is 3.99. The van der Waals surface area contributed by atoms with Crippen LogP contribution in [-0.2, 0) is 17.0 Å². The summed E-state index contributed by atoms with van der Waals surface area (Å²) in [4.78, 5) is 9.45. The number of amidine groups is 1. The van der Waals surface area contributed by atoms with Gasteiger partial charge in [-0.2, -0.15) is 0 Å². The molecule has 0 bridgehead atoms. The Morgan fingerprint density at radius 1 is 1.30 bits per heavy atom. The van der Waals surface area contributed by atoms with Crippen LogP contribution in [0.1, 0.15) is 22.9 Å². The molecule has 1 aromatic heterocycles. The Bertz CT molecular complexity index is 694. The molecule has 0 amide bonds. The monoisotopic (exact) mass is 304 g/mol. The van der Waals surface area contributed by atoms with Crippen LogP contribution in [0.4, 0.5) is 0 Å². The minimum absolute atomic E-state index is 0.470. The maximum Gasteiger partial charge on any atom is 0.235 e. The highest BCUT2D eigenvalue weighted by Crippen LogP contribution is 2.43. The molecule has 2 aromatic rings. The average molecular weight is 305 g/mol. The molecule has 0 radical (unpaired) electrons. The van der Waals surface area contributed by atoms with Crippen molar-refractivity contribution in [3.8, 4) is 0 Å². The molecule has 2 aliphatic rings. The number of thiophene rings is 1. The molecule has 5 heteroatoms. The van der Waals surface area contributed by atoms with Gasteiger partial charge in [-0.25, -0.2) is 0 Å². The number of nitrogens with zero attached hydrogens (tertiary/aromatic N) is 2. The Morgan fingerprint density at radius 3 is 2.90 bits per heavy atom. The second kappa shape index (κ2) is 4.24. The van der Waals surface area contributed by atoms with Gasteiger partial charge >= 0.3 is 0 Å². The zero-order chi connectivity index (χ0) is 13.7. The summed E-state index contributed by atoms with van der Waals surface area (Å²) in [6.45, 7) is 3.01. The molecule has 1 aromatic carbocycles. The lowest BCUT2D eigenvalue weighted by Gasteiger charge is -2.38. The predicted octanol–water partition coefficient (Wildman–Crippen LogP) is 3.82. The fraction of sp³-hybridized carbons (Fsp3) is 0.267. The molecule has 0 fully saturated rings. The van der Waals surface area contributed by atoms with Gasteiger partial charge in [-0.1, -0.05) is 16.8 Å². The zero-order valence-corrected chi connectivity index (χ0v) is 12.5. The summed E-state index contributed by atoms with van der Waals surface area (Å²) in [6.07, 6.45) is 1.04. The summed E-state index contributed by atoms with van der Waals surface area (Å²) in [5.74, 6) is 0.890. The van der Waals surface area contributed by atoms with E-state index in [-0.39, 0.29) is 0 Å². The first-order valence-corrected chi connectivity index (χ1v) is 7.81. The summed E-state index contributed by atoms with van der Waals surface area (Å²) in [5, 5.41) is 7.19. The molecule has 3 heterocycles.